The molecule has 1 N–H and O–H groups in total. The van der Waals surface area contributed by atoms with E-state index in [1.807, 2.05) is 0 Å². The molecule has 0 atom stereocenters. The number of hydrogen-bond acceptors (Lipinski definition) is 1. The lowest BCUT2D eigenvalue weighted by atomic mass is 10.2. The second kappa shape index (κ2) is 4.95. The Bertz CT molecular complexity index is 404. The molecule has 4 heteroatoms. The molecule has 2 rings (SSSR count). The van der Waals surface area contributed by atoms with Gasteiger partial charge >= 0.3 is 0 Å². The van der Waals surface area contributed by atoms with Gasteiger partial charge in [0.05, 0.1) is 4.47 Å². The molecule has 0 unspecified atom stereocenters. The van der Waals surface area contributed by atoms with Crippen LogP contribution in [0.1, 0.15) is 29.6 Å². The summed E-state index contributed by atoms with van der Waals surface area (Å²) in [7, 11) is 0. The first kappa shape index (κ1) is 11.6. The molecule has 0 saturated heterocycles. The van der Waals surface area contributed by atoms with Gasteiger partial charge in [-0.05, 0) is 46.5 Å². The fraction of sp³-hybridized carbons (Fsp3) is 0.417. The maximum atomic E-state index is 12.9. The predicted octanol–water partition coefficient (Wildman–Crippen LogP) is 3.12. The molecule has 1 saturated carbocycles. The van der Waals surface area contributed by atoms with Gasteiger partial charge in [-0.1, -0.05) is 12.8 Å². The van der Waals surface area contributed by atoms with Crippen molar-refractivity contribution in [3.63, 3.8) is 0 Å². The van der Waals surface area contributed by atoms with E-state index in [1.54, 1.807) is 0 Å². The maximum absolute atomic E-state index is 12.9. The Kier molecular flexibility index (Phi) is 3.59. The number of halogens is 2. The minimum Gasteiger partial charge on any atom is -0.352 e. The van der Waals surface area contributed by atoms with Gasteiger partial charge < -0.3 is 5.32 Å². The van der Waals surface area contributed by atoms with Crippen molar-refractivity contribution in [2.45, 2.75) is 19.3 Å². The molecule has 0 aromatic heterocycles. The van der Waals surface area contributed by atoms with Crippen molar-refractivity contribution in [2.75, 3.05) is 6.54 Å². The molecule has 1 aromatic rings. The highest BCUT2D eigenvalue weighted by molar-refractivity contribution is 9.10. The Hall–Kier alpha value is -0.900. The molecular formula is C12H13BrFNO. The quantitative estimate of drug-likeness (QED) is 0.905. The van der Waals surface area contributed by atoms with E-state index in [9.17, 15) is 9.18 Å². The van der Waals surface area contributed by atoms with Gasteiger partial charge in [-0.15, -0.1) is 0 Å². The molecule has 1 amide bonds. The predicted molar refractivity (Wildman–Crippen MR) is 63.8 cm³/mol. The van der Waals surface area contributed by atoms with Crippen molar-refractivity contribution in [1.82, 2.24) is 5.32 Å². The molecule has 0 bridgehead atoms. The van der Waals surface area contributed by atoms with Gasteiger partial charge in [0.1, 0.15) is 5.82 Å². The molecule has 16 heavy (non-hydrogen) atoms. The van der Waals surface area contributed by atoms with Crippen LogP contribution in [-0.4, -0.2) is 12.5 Å². The number of hydrogen-bond donors (Lipinski definition) is 1. The summed E-state index contributed by atoms with van der Waals surface area (Å²) >= 11 is 3.06. The Morgan fingerprint density at radius 3 is 2.88 bits per heavy atom. The van der Waals surface area contributed by atoms with Crippen LogP contribution in [0.25, 0.3) is 0 Å². The normalized spacial score (nSPS) is 14.9. The van der Waals surface area contributed by atoms with Crippen molar-refractivity contribution in [3.8, 4) is 0 Å². The van der Waals surface area contributed by atoms with Crippen LogP contribution in [0.2, 0.25) is 0 Å². The summed E-state index contributed by atoms with van der Waals surface area (Å²) < 4.78 is 13.3. The van der Waals surface area contributed by atoms with Crippen LogP contribution < -0.4 is 5.32 Å². The zero-order valence-corrected chi connectivity index (χ0v) is 10.4. The molecule has 0 radical (unpaired) electrons. The Labute approximate surface area is 102 Å². The summed E-state index contributed by atoms with van der Waals surface area (Å²) in [6.45, 7) is 0.707. The van der Waals surface area contributed by atoms with Crippen LogP contribution in [0, 0.1) is 11.7 Å². The lowest BCUT2D eigenvalue weighted by molar-refractivity contribution is 0.0952. The van der Waals surface area contributed by atoms with Gasteiger partial charge in [-0.25, -0.2) is 4.39 Å². The van der Waals surface area contributed by atoms with Crippen LogP contribution in [-0.2, 0) is 0 Å². The molecule has 86 valence electrons. The second-order valence-corrected chi connectivity index (χ2v) is 4.97. The number of carbonyl (C=O) groups is 1. The smallest absolute Gasteiger partial charge is 0.251 e. The molecule has 1 aromatic carbocycles. The standard InChI is InChI=1S/C12H13BrFNO/c13-10-7-9(3-4-11(10)14)12(16)15-6-5-8-1-2-8/h3-4,7-8H,1-2,5-6H2,(H,15,16). The molecule has 1 fully saturated rings. The van der Waals surface area contributed by atoms with Crippen molar-refractivity contribution in [3.05, 3.63) is 34.1 Å². The lowest BCUT2D eigenvalue weighted by Crippen LogP contribution is -2.24. The van der Waals surface area contributed by atoms with E-state index in [0.29, 0.717) is 16.6 Å². The summed E-state index contributed by atoms with van der Waals surface area (Å²) in [4.78, 5) is 11.7. The van der Waals surface area contributed by atoms with Crippen LogP contribution in [0.4, 0.5) is 4.39 Å². The Balaban J connectivity index is 1.88. The van der Waals surface area contributed by atoms with Gasteiger partial charge in [0, 0.05) is 12.1 Å². The van der Waals surface area contributed by atoms with E-state index in [1.165, 1.54) is 31.0 Å². The zero-order valence-electron chi connectivity index (χ0n) is 8.80. The molecule has 0 spiro atoms. The highest BCUT2D eigenvalue weighted by atomic mass is 79.9. The van der Waals surface area contributed by atoms with E-state index < -0.39 is 0 Å². The molecule has 0 heterocycles. The van der Waals surface area contributed by atoms with E-state index >= 15 is 0 Å². The van der Waals surface area contributed by atoms with Crippen LogP contribution in [0.3, 0.4) is 0 Å². The van der Waals surface area contributed by atoms with Gasteiger partial charge in [-0.3, -0.25) is 4.79 Å². The number of benzene rings is 1. The highest BCUT2D eigenvalue weighted by Crippen LogP contribution is 2.31. The van der Waals surface area contributed by atoms with Crippen LogP contribution >= 0.6 is 15.9 Å². The summed E-state index contributed by atoms with van der Waals surface area (Å²) in [5.41, 5.74) is 0.490. The Morgan fingerprint density at radius 1 is 1.50 bits per heavy atom. The van der Waals surface area contributed by atoms with Gasteiger partial charge in [-0.2, -0.15) is 0 Å². The molecular weight excluding hydrogens is 273 g/mol. The maximum Gasteiger partial charge on any atom is 0.251 e. The third-order valence-corrected chi connectivity index (χ3v) is 3.32. The van der Waals surface area contributed by atoms with Crippen LogP contribution in [0.15, 0.2) is 22.7 Å². The van der Waals surface area contributed by atoms with Crippen molar-refractivity contribution < 1.29 is 9.18 Å². The molecule has 1 aliphatic carbocycles. The van der Waals surface area contributed by atoms with Gasteiger partial charge in [0.2, 0.25) is 0 Å². The lowest BCUT2D eigenvalue weighted by Gasteiger charge is -2.05. The fourth-order valence-corrected chi connectivity index (χ4v) is 1.91. The van der Waals surface area contributed by atoms with Gasteiger partial charge in [0.25, 0.3) is 5.91 Å². The summed E-state index contributed by atoms with van der Waals surface area (Å²) in [6.07, 6.45) is 3.63. The molecule has 2 nitrogen and oxygen atoms in total. The monoisotopic (exact) mass is 285 g/mol. The average Bonchev–Trinajstić information content (AvgIpc) is 3.06. The number of nitrogens with one attached hydrogen (secondary N) is 1. The van der Waals surface area contributed by atoms with E-state index in [-0.39, 0.29) is 11.7 Å². The first-order chi connectivity index (χ1) is 7.66. The van der Waals surface area contributed by atoms with Crippen LogP contribution in [0.5, 0.6) is 0 Å². The number of carbonyl (C=O) groups excluding carboxylic acids is 1. The van der Waals surface area contributed by atoms with Crippen molar-refractivity contribution in [2.24, 2.45) is 5.92 Å². The van der Waals surface area contributed by atoms with E-state index in [2.05, 4.69) is 21.2 Å². The fourth-order valence-electron chi connectivity index (χ4n) is 1.54. The van der Waals surface area contributed by atoms with Crippen molar-refractivity contribution in [1.29, 1.82) is 0 Å². The first-order valence-corrected chi connectivity index (χ1v) is 6.19. The SMILES string of the molecule is O=C(NCCC1CC1)c1ccc(F)c(Br)c1. The number of amides is 1. The second-order valence-electron chi connectivity index (χ2n) is 4.12. The van der Waals surface area contributed by atoms with Gasteiger partial charge in [0.15, 0.2) is 0 Å². The largest absolute Gasteiger partial charge is 0.352 e. The summed E-state index contributed by atoms with van der Waals surface area (Å²) in [5, 5.41) is 2.83. The highest BCUT2D eigenvalue weighted by Gasteiger charge is 2.20. The third-order valence-electron chi connectivity index (χ3n) is 2.72. The molecule has 1 aliphatic rings. The average molecular weight is 286 g/mol. The minimum absolute atomic E-state index is 0.138. The summed E-state index contributed by atoms with van der Waals surface area (Å²) in [6, 6.07) is 4.29. The minimum atomic E-state index is -0.352. The topological polar surface area (TPSA) is 29.1 Å². The van der Waals surface area contributed by atoms with E-state index in [0.717, 1.165) is 12.3 Å². The van der Waals surface area contributed by atoms with Crippen molar-refractivity contribution >= 4 is 21.8 Å². The van der Waals surface area contributed by atoms with E-state index in [4.69, 9.17) is 0 Å². The zero-order chi connectivity index (χ0) is 11.5. The summed E-state index contributed by atoms with van der Waals surface area (Å²) in [5.74, 6) is 0.316. The number of rotatable bonds is 4. The first-order valence-electron chi connectivity index (χ1n) is 5.40. The Morgan fingerprint density at radius 2 is 2.25 bits per heavy atom. The third kappa shape index (κ3) is 3.04. The molecule has 0 aliphatic heterocycles.